The van der Waals surface area contributed by atoms with Crippen LogP contribution in [0.2, 0.25) is 0 Å². The monoisotopic (exact) mass is 196 g/mol. The van der Waals surface area contributed by atoms with E-state index in [9.17, 15) is 10.1 Å². The first-order valence-electron chi connectivity index (χ1n) is 4.20. The zero-order valence-corrected chi connectivity index (χ0v) is 7.90. The molecule has 0 radical (unpaired) electrons. The Bertz CT molecular complexity index is 339. The van der Waals surface area contributed by atoms with E-state index in [1.54, 1.807) is 12.1 Å². The fraction of sp³-hybridized carbons (Fsp3) is 0.333. The van der Waals surface area contributed by atoms with Crippen LogP contribution in [-0.2, 0) is 6.42 Å². The van der Waals surface area contributed by atoms with Gasteiger partial charge in [0.25, 0.3) is 0 Å². The van der Waals surface area contributed by atoms with E-state index in [0.717, 1.165) is 5.56 Å². The summed E-state index contributed by atoms with van der Waals surface area (Å²) >= 11 is 0. The second kappa shape index (κ2) is 4.57. The number of hydrogen-bond acceptors (Lipinski definition) is 4. The van der Waals surface area contributed by atoms with Crippen molar-refractivity contribution in [2.75, 3.05) is 13.7 Å². The number of benzene rings is 1. The van der Waals surface area contributed by atoms with Gasteiger partial charge in [0, 0.05) is 6.07 Å². The number of rotatable bonds is 4. The molecule has 0 atom stereocenters. The first-order chi connectivity index (χ1) is 6.69. The molecule has 14 heavy (non-hydrogen) atoms. The van der Waals surface area contributed by atoms with Crippen molar-refractivity contribution in [3.63, 3.8) is 0 Å². The molecule has 0 amide bonds. The highest BCUT2D eigenvalue weighted by atomic mass is 16.6. The maximum Gasteiger partial charge on any atom is 0.311 e. The first kappa shape index (κ1) is 10.5. The third-order valence-electron chi connectivity index (χ3n) is 1.87. The van der Waals surface area contributed by atoms with Gasteiger partial charge in [0.15, 0.2) is 5.75 Å². The third kappa shape index (κ3) is 2.20. The van der Waals surface area contributed by atoms with Crippen LogP contribution in [0.15, 0.2) is 18.2 Å². The third-order valence-corrected chi connectivity index (χ3v) is 1.87. The minimum Gasteiger partial charge on any atom is -0.490 e. The average molecular weight is 196 g/mol. The van der Waals surface area contributed by atoms with E-state index in [2.05, 4.69) is 0 Å². The molecule has 5 nitrogen and oxygen atoms in total. The molecule has 0 bridgehead atoms. The lowest BCUT2D eigenvalue weighted by Gasteiger charge is -2.03. The largest absolute Gasteiger partial charge is 0.490 e. The number of hydrogen-bond donors (Lipinski definition) is 1. The van der Waals surface area contributed by atoms with Crippen LogP contribution in [0.3, 0.4) is 0 Å². The van der Waals surface area contributed by atoms with E-state index in [-0.39, 0.29) is 11.4 Å². The second-order valence-corrected chi connectivity index (χ2v) is 2.80. The van der Waals surface area contributed by atoms with Gasteiger partial charge in [-0.05, 0) is 24.6 Å². The second-order valence-electron chi connectivity index (χ2n) is 2.80. The Hall–Kier alpha value is -1.62. The maximum absolute atomic E-state index is 10.6. The van der Waals surface area contributed by atoms with Gasteiger partial charge in [0.1, 0.15) is 0 Å². The van der Waals surface area contributed by atoms with Crippen LogP contribution < -0.4 is 10.5 Å². The lowest BCUT2D eigenvalue weighted by molar-refractivity contribution is -0.385. The molecule has 2 N–H and O–H groups in total. The van der Waals surface area contributed by atoms with E-state index in [4.69, 9.17) is 10.5 Å². The molecule has 0 aromatic heterocycles. The van der Waals surface area contributed by atoms with Gasteiger partial charge in [-0.3, -0.25) is 10.1 Å². The summed E-state index contributed by atoms with van der Waals surface area (Å²) < 4.78 is 4.87. The quantitative estimate of drug-likeness (QED) is 0.577. The lowest BCUT2D eigenvalue weighted by atomic mass is 10.1. The van der Waals surface area contributed by atoms with E-state index < -0.39 is 4.92 Å². The molecule has 5 heteroatoms. The summed E-state index contributed by atoms with van der Waals surface area (Å²) in [4.78, 5) is 10.2. The summed E-state index contributed by atoms with van der Waals surface area (Å²) in [6.45, 7) is 0.476. The fourth-order valence-corrected chi connectivity index (χ4v) is 1.20. The molecule has 0 saturated carbocycles. The molecule has 1 aromatic rings. The molecular weight excluding hydrogens is 184 g/mol. The number of nitrogens with zero attached hydrogens (tertiary/aromatic N) is 1. The van der Waals surface area contributed by atoms with Gasteiger partial charge in [-0.25, -0.2) is 0 Å². The zero-order valence-electron chi connectivity index (χ0n) is 7.90. The van der Waals surface area contributed by atoms with Gasteiger partial charge in [-0.15, -0.1) is 0 Å². The number of methoxy groups -OCH3 is 1. The Morgan fingerprint density at radius 3 is 2.79 bits per heavy atom. The van der Waals surface area contributed by atoms with Crippen LogP contribution in [0.1, 0.15) is 5.56 Å². The molecule has 76 valence electrons. The maximum atomic E-state index is 10.6. The summed E-state index contributed by atoms with van der Waals surface area (Å²) in [5, 5.41) is 10.6. The number of ether oxygens (including phenoxy) is 1. The number of nitro benzene ring substituents is 1. The van der Waals surface area contributed by atoms with Crippen molar-refractivity contribution < 1.29 is 9.66 Å². The standard InChI is InChI=1S/C9H12N2O3/c1-14-9-3-2-7(4-5-10)6-8(9)11(12)13/h2-3,6H,4-5,10H2,1H3. The summed E-state index contributed by atoms with van der Waals surface area (Å²) in [6, 6.07) is 4.85. The Labute approximate surface area is 81.6 Å². The lowest BCUT2D eigenvalue weighted by Crippen LogP contribution is -2.03. The number of nitrogens with two attached hydrogens (primary N) is 1. The van der Waals surface area contributed by atoms with Gasteiger partial charge in [-0.2, -0.15) is 0 Å². The van der Waals surface area contributed by atoms with Crippen LogP contribution in [0, 0.1) is 10.1 Å². The van der Waals surface area contributed by atoms with E-state index in [1.807, 2.05) is 0 Å². The molecule has 0 aliphatic heterocycles. The smallest absolute Gasteiger partial charge is 0.311 e. The Morgan fingerprint density at radius 1 is 1.57 bits per heavy atom. The van der Waals surface area contributed by atoms with E-state index >= 15 is 0 Å². The van der Waals surface area contributed by atoms with Crippen molar-refractivity contribution in [1.82, 2.24) is 0 Å². The highest BCUT2D eigenvalue weighted by molar-refractivity contribution is 5.48. The average Bonchev–Trinajstić information content (AvgIpc) is 2.18. The van der Waals surface area contributed by atoms with Crippen molar-refractivity contribution in [2.24, 2.45) is 5.73 Å². The molecule has 0 aliphatic rings. The Kier molecular flexibility index (Phi) is 3.41. The molecular formula is C9H12N2O3. The SMILES string of the molecule is COc1ccc(CCN)cc1[N+](=O)[O-]. The molecule has 0 unspecified atom stereocenters. The van der Waals surface area contributed by atoms with Crippen LogP contribution >= 0.6 is 0 Å². The van der Waals surface area contributed by atoms with Crippen molar-refractivity contribution in [3.8, 4) is 5.75 Å². The molecule has 0 fully saturated rings. The van der Waals surface area contributed by atoms with Crippen molar-refractivity contribution in [2.45, 2.75) is 6.42 Å². The molecule has 1 aromatic carbocycles. The van der Waals surface area contributed by atoms with Crippen molar-refractivity contribution >= 4 is 5.69 Å². The van der Waals surface area contributed by atoms with Gasteiger partial charge in [0.05, 0.1) is 12.0 Å². The summed E-state index contributed by atoms with van der Waals surface area (Å²) in [5.41, 5.74) is 6.19. The first-order valence-corrected chi connectivity index (χ1v) is 4.20. The minimum absolute atomic E-state index is 0.0153. The van der Waals surface area contributed by atoms with Gasteiger partial charge < -0.3 is 10.5 Å². The number of nitro groups is 1. The van der Waals surface area contributed by atoms with Gasteiger partial charge >= 0.3 is 5.69 Å². The molecule has 0 heterocycles. The highest BCUT2D eigenvalue weighted by Crippen LogP contribution is 2.27. The zero-order chi connectivity index (χ0) is 10.6. The predicted molar refractivity (Wildman–Crippen MR) is 52.4 cm³/mol. The van der Waals surface area contributed by atoms with E-state index in [1.165, 1.54) is 13.2 Å². The molecule has 0 saturated heterocycles. The van der Waals surface area contributed by atoms with Gasteiger partial charge in [-0.1, -0.05) is 6.07 Å². The van der Waals surface area contributed by atoms with Crippen LogP contribution in [0.4, 0.5) is 5.69 Å². The fourth-order valence-electron chi connectivity index (χ4n) is 1.20. The summed E-state index contributed by atoms with van der Waals surface area (Å²) in [7, 11) is 1.41. The van der Waals surface area contributed by atoms with Crippen LogP contribution in [-0.4, -0.2) is 18.6 Å². The van der Waals surface area contributed by atoms with E-state index in [0.29, 0.717) is 13.0 Å². The molecule has 0 spiro atoms. The summed E-state index contributed by atoms with van der Waals surface area (Å²) in [6.07, 6.45) is 0.630. The molecule has 0 aliphatic carbocycles. The molecule has 1 rings (SSSR count). The summed E-state index contributed by atoms with van der Waals surface area (Å²) in [5.74, 6) is 0.274. The predicted octanol–water partition coefficient (Wildman–Crippen LogP) is 1.10. The normalized spacial score (nSPS) is 9.86. The van der Waals surface area contributed by atoms with Crippen LogP contribution in [0.25, 0.3) is 0 Å². The Morgan fingerprint density at radius 2 is 2.29 bits per heavy atom. The highest BCUT2D eigenvalue weighted by Gasteiger charge is 2.14. The van der Waals surface area contributed by atoms with Gasteiger partial charge in [0.2, 0.25) is 0 Å². The van der Waals surface area contributed by atoms with Crippen molar-refractivity contribution in [3.05, 3.63) is 33.9 Å². The van der Waals surface area contributed by atoms with Crippen molar-refractivity contribution in [1.29, 1.82) is 0 Å². The Balaban J connectivity index is 3.07. The topological polar surface area (TPSA) is 78.4 Å². The van der Waals surface area contributed by atoms with Crippen LogP contribution in [0.5, 0.6) is 5.75 Å². The minimum atomic E-state index is -0.459.